The van der Waals surface area contributed by atoms with Gasteiger partial charge in [0.25, 0.3) is 0 Å². The third kappa shape index (κ3) is 7.05. The second-order valence-corrected chi connectivity index (χ2v) is 9.29. The number of likely N-dealkylation sites (N-methyl/N-ethyl adjacent to an activating group) is 1. The SMILES string of the molecule is CCNS(=O)(=O)c1ccc(CCC(=O)N(Cc2ccc(Cl)cc2)[C@H](C)C(=O)NC)cc1. The molecule has 2 amide bonds. The number of sulfonamides is 1. The minimum atomic E-state index is -3.51. The molecule has 2 rings (SSSR count). The molecule has 2 aromatic rings. The minimum absolute atomic E-state index is 0.171. The highest BCUT2D eigenvalue weighted by atomic mass is 35.5. The molecular weight excluding hydrogens is 438 g/mol. The summed E-state index contributed by atoms with van der Waals surface area (Å²) in [7, 11) is -1.98. The van der Waals surface area contributed by atoms with Gasteiger partial charge in [-0.25, -0.2) is 13.1 Å². The molecule has 0 spiro atoms. The Labute approximate surface area is 188 Å². The van der Waals surface area contributed by atoms with Gasteiger partial charge < -0.3 is 10.2 Å². The summed E-state index contributed by atoms with van der Waals surface area (Å²) in [6.45, 7) is 4.00. The van der Waals surface area contributed by atoms with Gasteiger partial charge >= 0.3 is 0 Å². The first-order valence-electron chi connectivity index (χ1n) is 10.0. The van der Waals surface area contributed by atoms with E-state index in [4.69, 9.17) is 11.6 Å². The van der Waals surface area contributed by atoms with E-state index in [9.17, 15) is 18.0 Å². The maximum atomic E-state index is 13.0. The summed E-state index contributed by atoms with van der Waals surface area (Å²) in [5, 5.41) is 3.18. The first-order valence-corrected chi connectivity index (χ1v) is 11.9. The molecular formula is C22H28ClN3O4S. The van der Waals surface area contributed by atoms with Gasteiger partial charge in [-0.05, 0) is 48.7 Å². The molecule has 0 saturated heterocycles. The number of hydrogen-bond acceptors (Lipinski definition) is 4. The zero-order valence-electron chi connectivity index (χ0n) is 17.9. The molecule has 0 aliphatic heterocycles. The lowest BCUT2D eigenvalue weighted by Gasteiger charge is -2.28. The average Bonchev–Trinajstić information content (AvgIpc) is 2.76. The van der Waals surface area contributed by atoms with E-state index < -0.39 is 16.1 Å². The smallest absolute Gasteiger partial charge is 0.242 e. The topological polar surface area (TPSA) is 95.6 Å². The highest BCUT2D eigenvalue weighted by molar-refractivity contribution is 7.89. The molecule has 0 heterocycles. The molecule has 168 valence electrons. The standard InChI is InChI=1S/C22H28ClN3O4S/c1-4-25-31(29,30)20-12-7-17(8-13-20)9-14-21(27)26(16(2)22(28)24-3)15-18-5-10-19(23)11-6-18/h5-8,10-13,16,25H,4,9,14-15H2,1-3H3,(H,24,28)/t16-/m1/s1. The lowest BCUT2D eigenvalue weighted by atomic mass is 10.1. The van der Waals surface area contributed by atoms with Gasteiger partial charge in [-0.3, -0.25) is 9.59 Å². The van der Waals surface area contributed by atoms with Crippen molar-refractivity contribution in [2.24, 2.45) is 0 Å². The highest BCUT2D eigenvalue weighted by Gasteiger charge is 2.25. The van der Waals surface area contributed by atoms with Crippen molar-refractivity contribution in [3.63, 3.8) is 0 Å². The van der Waals surface area contributed by atoms with E-state index in [1.54, 1.807) is 38.1 Å². The van der Waals surface area contributed by atoms with Gasteiger partial charge in [0.2, 0.25) is 21.8 Å². The summed E-state index contributed by atoms with van der Waals surface area (Å²) < 4.78 is 26.5. The predicted molar refractivity (Wildman–Crippen MR) is 121 cm³/mol. The molecule has 0 fully saturated rings. The van der Waals surface area contributed by atoms with Gasteiger partial charge in [-0.15, -0.1) is 0 Å². The number of benzene rings is 2. The fourth-order valence-electron chi connectivity index (χ4n) is 3.08. The van der Waals surface area contributed by atoms with E-state index in [0.717, 1.165) is 11.1 Å². The average molecular weight is 466 g/mol. The van der Waals surface area contributed by atoms with Crippen molar-refractivity contribution in [2.75, 3.05) is 13.6 Å². The third-order valence-corrected chi connectivity index (χ3v) is 6.69. The molecule has 0 unspecified atom stereocenters. The normalized spacial score (nSPS) is 12.3. The number of amides is 2. The van der Waals surface area contributed by atoms with Crippen LogP contribution in [0.1, 0.15) is 31.4 Å². The summed E-state index contributed by atoms with van der Waals surface area (Å²) in [5.41, 5.74) is 1.70. The van der Waals surface area contributed by atoms with Crippen LogP contribution in [0.4, 0.5) is 0 Å². The first-order chi connectivity index (χ1) is 14.7. The number of halogens is 1. The van der Waals surface area contributed by atoms with Crippen molar-refractivity contribution in [1.29, 1.82) is 0 Å². The summed E-state index contributed by atoms with van der Waals surface area (Å²) in [6.07, 6.45) is 0.617. The Balaban J connectivity index is 2.10. The fraction of sp³-hybridized carbons (Fsp3) is 0.364. The Hall–Kier alpha value is -2.42. The van der Waals surface area contributed by atoms with Crippen molar-refractivity contribution < 1.29 is 18.0 Å². The van der Waals surface area contributed by atoms with Crippen LogP contribution in [0.5, 0.6) is 0 Å². The molecule has 0 saturated carbocycles. The number of nitrogens with zero attached hydrogens (tertiary/aromatic N) is 1. The van der Waals surface area contributed by atoms with E-state index in [1.807, 2.05) is 12.1 Å². The molecule has 2 N–H and O–H groups in total. The van der Waals surface area contributed by atoms with Crippen molar-refractivity contribution in [2.45, 2.75) is 44.2 Å². The fourth-order valence-corrected chi connectivity index (χ4v) is 4.25. The molecule has 0 aliphatic carbocycles. The van der Waals surface area contributed by atoms with Crippen molar-refractivity contribution >= 4 is 33.4 Å². The molecule has 9 heteroatoms. The molecule has 0 radical (unpaired) electrons. The molecule has 0 bridgehead atoms. The van der Waals surface area contributed by atoms with Crippen LogP contribution in [-0.4, -0.2) is 44.8 Å². The number of rotatable bonds is 10. The third-order valence-electron chi connectivity index (χ3n) is 4.88. The van der Waals surface area contributed by atoms with Crippen LogP contribution in [0, 0.1) is 0 Å². The van der Waals surface area contributed by atoms with Crippen LogP contribution in [0.2, 0.25) is 5.02 Å². The Kier molecular flexibility index (Phi) is 9.03. The van der Waals surface area contributed by atoms with Crippen LogP contribution >= 0.6 is 11.6 Å². The Morgan fingerprint density at radius 3 is 2.16 bits per heavy atom. The number of hydrogen-bond donors (Lipinski definition) is 2. The summed E-state index contributed by atoms with van der Waals surface area (Å²) in [6, 6.07) is 12.9. The second kappa shape index (κ2) is 11.3. The maximum Gasteiger partial charge on any atom is 0.242 e. The van der Waals surface area contributed by atoms with Crippen LogP contribution in [-0.2, 0) is 32.6 Å². The van der Waals surface area contributed by atoms with Gasteiger partial charge in [-0.1, -0.05) is 42.8 Å². The van der Waals surface area contributed by atoms with Gasteiger partial charge in [0, 0.05) is 31.6 Å². The molecule has 7 nitrogen and oxygen atoms in total. The quantitative estimate of drug-likeness (QED) is 0.564. The predicted octanol–water partition coefficient (Wildman–Crippen LogP) is 2.73. The van der Waals surface area contributed by atoms with Crippen LogP contribution < -0.4 is 10.0 Å². The molecule has 1 atom stereocenters. The monoisotopic (exact) mass is 465 g/mol. The maximum absolute atomic E-state index is 13.0. The Morgan fingerprint density at radius 1 is 1.03 bits per heavy atom. The van der Waals surface area contributed by atoms with Crippen molar-refractivity contribution in [1.82, 2.24) is 14.9 Å². The largest absolute Gasteiger partial charge is 0.357 e. The lowest BCUT2D eigenvalue weighted by Crippen LogP contribution is -2.46. The minimum Gasteiger partial charge on any atom is -0.357 e. The van der Waals surface area contributed by atoms with E-state index in [1.165, 1.54) is 24.1 Å². The number of carbonyl (C=O) groups is 2. The molecule has 0 aliphatic rings. The Bertz CT molecular complexity index is 992. The van der Waals surface area contributed by atoms with Gasteiger partial charge in [-0.2, -0.15) is 0 Å². The highest BCUT2D eigenvalue weighted by Crippen LogP contribution is 2.16. The zero-order chi connectivity index (χ0) is 23.0. The molecule has 2 aromatic carbocycles. The van der Waals surface area contributed by atoms with Crippen LogP contribution in [0.15, 0.2) is 53.4 Å². The number of carbonyl (C=O) groups excluding carboxylic acids is 2. The van der Waals surface area contributed by atoms with Gasteiger partial charge in [0.05, 0.1) is 4.90 Å². The number of nitrogens with one attached hydrogen (secondary N) is 2. The van der Waals surface area contributed by atoms with E-state index in [0.29, 0.717) is 18.0 Å². The first kappa shape index (κ1) is 24.8. The molecule has 31 heavy (non-hydrogen) atoms. The van der Waals surface area contributed by atoms with Crippen LogP contribution in [0.3, 0.4) is 0 Å². The van der Waals surface area contributed by atoms with Gasteiger partial charge in [0.1, 0.15) is 6.04 Å². The summed E-state index contributed by atoms with van der Waals surface area (Å²) in [5.74, 6) is -0.421. The van der Waals surface area contributed by atoms with Gasteiger partial charge in [0.15, 0.2) is 0 Å². The molecule has 0 aromatic heterocycles. The van der Waals surface area contributed by atoms with Crippen molar-refractivity contribution in [3.05, 3.63) is 64.7 Å². The lowest BCUT2D eigenvalue weighted by molar-refractivity contribution is -0.140. The second-order valence-electron chi connectivity index (χ2n) is 7.08. The summed E-state index contributed by atoms with van der Waals surface area (Å²) in [4.78, 5) is 26.9. The number of aryl methyl sites for hydroxylation is 1. The Morgan fingerprint density at radius 2 is 1.61 bits per heavy atom. The van der Waals surface area contributed by atoms with E-state index in [2.05, 4.69) is 10.0 Å². The summed E-state index contributed by atoms with van der Waals surface area (Å²) >= 11 is 5.93. The van der Waals surface area contributed by atoms with Crippen molar-refractivity contribution in [3.8, 4) is 0 Å². The van der Waals surface area contributed by atoms with E-state index >= 15 is 0 Å². The zero-order valence-corrected chi connectivity index (χ0v) is 19.5. The van der Waals surface area contributed by atoms with E-state index in [-0.39, 0.29) is 29.7 Å². The van der Waals surface area contributed by atoms with Crippen LogP contribution in [0.25, 0.3) is 0 Å².